The minimum absolute atomic E-state index is 0.243. The Labute approximate surface area is 113 Å². The van der Waals surface area contributed by atoms with Crippen LogP contribution in [-0.2, 0) is 6.54 Å². The molecule has 0 bridgehead atoms. The fourth-order valence-corrected chi connectivity index (χ4v) is 2.02. The number of benzene rings is 1. The lowest BCUT2D eigenvalue weighted by atomic mass is 10.1. The lowest BCUT2D eigenvalue weighted by Crippen LogP contribution is -2.02. The molecule has 0 aliphatic rings. The summed E-state index contributed by atoms with van der Waals surface area (Å²) in [4.78, 5) is 10.4. The fourth-order valence-electron chi connectivity index (χ4n) is 1.80. The largest absolute Gasteiger partial charge is 0.300 e. The number of nitro groups is 1. The van der Waals surface area contributed by atoms with Crippen LogP contribution in [0.15, 0.2) is 18.2 Å². The van der Waals surface area contributed by atoms with Crippen molar-refractivity contribution < 1.29 is 9.31 Å². The van der Waals surface area contributed by atoms with Gasteiger partial charge in [0.1, 0.15) is 5.82 Å². The maximum absolute atomic E-state index is 13.1. The summed E-state index contributed by atoms with van der Waals surface area (Å²) in [5.74, 6) is -0.315. The summed E-state index contributed by atoms with van der Waals surface area (Å²) in [5.41, 5.74) is -0.0847. The van der Waals surface area contributed by atoms with E-state index in [2.05, 4.69) is 10.2 Å². The van der Waals surface area contributed by atoms with Crippen molar-refractivity contribution >= 4 is 17.9 Å². The summed E-state index contributed by atoms with van der Waals surface area (Å²) in [5, 5.41) is 17.6. The molecule has 1 aromatic carbocycles. The van der Waals surface area contributed by atoms with E-state index in [1.807, 2.05) is 6.92 Å². The molecule has 0 atom stereocenters. The number of nitrogens with zero attached hydrogens (tertiary/aromatic N) is 3. The molecule has 0 amide bonds. The van der Waals surface area contributed by atoms with Gasteiger partial charge in [-0.1, -0.05) is 6.92 Å². The molecule has 0 fully saturated rings. The van der Waals surface area contributed by atoms with E-state index >= 15 is 0 Å². The SMILES string of the molecule is CCCn1c(-c2ccc(F)cc2[N+](=O)[O-])n[nH]c1=S. The average molecular weight is 282 g/mol. The monoisotopic (exact) mass is 282 g/mol. The molecule has 6 nitrogen and oxygen atoms in total. The molecule has 0 aliphatic carbocycles. The predicted molar refractivity (Wildman–Crippen MR) is 69.8 cm³/mol. The maximum Gasteiger partial charge on any atom is 0.283 e. The van der Waals surface area contributed by atoms with Crippen LogP contribution in [0.1, 0.15) is 13.3 Å². The van der Waals surface area contributed by atoms with Crippen molar-refractivity contribution in [1.82, 2.24) is 14.8 Å². The topological polar surface area (TPSA) is 76.8 Å². The number of hydrogen-bond donors (Lipinski definition) is 1. The van der Waals surface area contributed by atoms with Gasteiger partial charge in [0.2, 0.25) is 0 Å². The van der Waals surface area contributed by atoms with Gasteiger partial charge in [-0.3, -0.25) is 19.8 Å². The van der Waals surface area contributed by atoms with Crippen molar-refractivity contribution in [3.63, 3.8) is 0 Å². The van der Waals surface area contributed by atoms with E-state index in [1.165, 1.54) is 6.07 Å². The third-order valence-corrected chi connectivity index (χ3v) is 2.91. The molecule has 1 heterocycles. The van der Waals surface area contributed by atoms with Crippen molar-refractivity contribution in [2.75, 3.05) is 0 Å². The van der Waals surface area contributed by atoms with Crippen molar-refractivity contribution in [3.8, 4) is 11.4 Å². The number of H-pyrrole nitrogens is 1. The lowest BCUT2D eigenvalue weighted by Gasteiger charge is -2.05. The Hall–Kier alpha value is -2.09. The van der Waals surface area contributed by atoms with E-state index in [1.54, 1.807) is 4.57 Å². The summed E-state index contributed by atoms with van der Waals surface area (Å²) in [6.07, 6.45) is 0.801. The zero-order valence-electron chi connectivity index (χ0n) is 10.1. The minimum atomic E-state index is -0.661. The van der Waals surface area contributed by atoms with Crippen LogP contribution in [-0.4, -0.2) is 19.7 Å². The van der Waals surface area contributed by atoms with Gasteiger partial charge in [0.15, 0.2) is 10.6 Å². The summed E-state index contributed by atoms with van der Waals surface area (Å²) < 4.78 is 15.2. The molecule has 2 rings (SSSR count). The quantitative estimate of drug-likeness (QED) is 0.531. The van der Waals surface area contributed by atoms with E-state index in [0.717, 1.165) is 18.6 Å². The number of aromatic amines is 1. The summed E-state index contributed by atoms with van der Waals surface area (Å²) >= 11 is 5.07. The summed E-state index contributed by atoms with van der Waals surface area (Å²) in [6, 6.07) is 3.38. The molecule has 19 heavy (non-hydrogen) atoms. The van der Waals surface area contributed by atoms with Crippen LogP contribution in [0.25, 0.3) is 11.4 Å². The van der Waals surface area contributed by atoms with Crippen LogP contribution in [0.2, 0.25) is 0 Å². The molecule has 0 radical (unpaired) electrons. The van der Waals surface area contributed by atoms with Gasteiger partial charge in [0.05, 0.1) is 16.6 Å². The lowest BCUT2D eigenvalue weighted by molar-refractivity contribution is -0.384. The second-order valence-corrected chi connectivity index (χ2v) is 4.31. The summed E-state index contributed by atoms with van der Waals surface area (Å²) in [7, 11) is 0. The van der Waals surface area contributed by atoms with Gasteiger partial charge in [-0.05, 0) is 30.8 Å². The van der Waals surface area contributed by atoms with Crippen molar-refractivity contribution in [1.29, 1.82) is 0 Å². The van der Waals surface area contributed by atoms with Gasteiger partial charge in [0, 0.05) is 6.54 Å². The van der Waals surface area contributed by atoms with Crippen molar-refractivity contribution in [3.05, 3.63) is 38.9 Å². The Kier molecular flexibility index (Phi) is 3.70. The van der Waals surface area contributed by atoms with Crippen LogP contribution < -0.4 is 0 Å². The minimum Gasteiger partial charge on any atom is -0.300 e. The number of nitro benzene ring substituents is 1. The third-order valence-electron chi connectivity index (χ3n) is 2.60. The molecule has 0 spiro atoms. The normalized spacial score (nSPS) is 10.6. The Morgan fingerprint density at radius 1 is 1.58 bits per heavy atom. The number of hydrogen-bond acceptors (Lipinski definition) is 4. The van der Waals surface area contributed by atoms with Gasteiger partial charge >= 0.3 is 0 Å². The van der Waals surface area contributed by atoms with Gasteiger partial charge in [-0.25, -0.2) is 4.39 Å². The smallest absolute Gasteiger partial charge is 0.283 e. The average Bonchev–Trinajstić information content (AvgIpc) is 2.72. The highest BCUT2D eigenvalue weighted by Gasteiger charge is 2.20. The molecule has 0 unspecified atom stereocenters. The number of rotatable bonds is 4. The van der Waals surface area contributed by atoms with E-state index in [0.29, 0.717) is 17.1 Å². The second kappa shape index (κ2) is 5.27. The zero-order chi connectivity index (χ0) is 14.0. The van der Waals surface area contributed by atoms with Gasteiger partial charge in [-0.15, -0.1) is 0 Å². The number of nitrogens with one attached hydrogen (secondary N) is 1. The highest BCUT2D eigenvalue weighted by molar-refractivity contribution is 7.71. The van der Waals surface area contributed by atoms with E-state index < -0.39 is 10.7 Å². The molecule has 2 aromatic rings. The first-order valence-corrected chi connectivity index (χ1v) is 6.05. The molecule has 0 saturated carbocycles. The van der Waals surface area contributed by atoms with Crippen LogP contribution >= 0.6 is 12.2 Å². The second-order valence-electron chi connectivity index (χ2n) is 3.92. The maximum atomic E-state index is 13.1. The van der Waals surface area contributed by atoms with Crippen molar-refractivity contribution in [2.24, 2.45) is 0 Å². The van der Waals surface area contributed by atoms with Crippen LogP contribution in [0, 0.1) is 20.7 Å². The zero-order valence-corrected chi connectivity index (χ0v) is 10.9. The molecule has 0 saturated heterocycles. The molecular weight excluding hydrogens is 271 g/mol. The molecule has 8 heteroatoms. The van der Waals surface area contributed by atoms with Crippen LogP contribution in [0.3, 0.4) is 0 Å². The highest BCUT2D eigenvalue weighted by Crippen LogP contribution is 2.29. The molecule has 1 aromatic heterocycles. The van der Waals surface area contributed by atoms with E-state index in [-0.39, 0.29) is 11.3 Å². The van der Waals surface area contributed by atoms with Gasteiger partial charge in [0.25, 0.3) is 5.69 Å². The fraction of sp³-hybridized carbons (Fsp3) is 0.273. The molecular formula is C11H11FN4O2S. The number of halogens is 1. The Morgan fingerprint density at radius 2 is 2.32 bits per heavy atom. The first kappa shape index (κ1) is 13.3. The highest BCUT2D eigenvalue weighted by atomic mass is 32.1. The Morgan fingerprint density at radius 3 is 2.95 bits per heavy atom. The Balaban J connectivity index is 2.65. The van der Waals surface area contributed by atoms with Crippen LogP contribution in [0.4, 0.5) is 10.1 Å². The molecule has 0 aliphatic heterocycles. The van der Waals surface area contributed by atoms with Crippen LogP contribution in [0.5, 0.6) is 0 Å². The first-order chi connectivity index (χ1) is 9.04. The molecule has 100 valence electrons. The van der Waals surface area contributed by atoms with E-state index in [4.69, 9.17) is 12.2 Å². The number of aromatic nitrogens is 3. The summed E-state index contributed by atoms with van der Waals surface area (Å²) in [6.45, 7) is 2.54. The third kappa shape index (κ3) is 2.53. The van der Waals surface area contributed by atoms with Crippen molar-refractivity contribution in [2.45, 2.75) is 19.9 Å². The van der Waals surface area contributed by atoms with E-state index in [9.17, 15) is 14.5 Å². The standard InChI is InChI=1S/C11H11FN4O2S/c1-2-5-15-10(13-14-11(15)19)8-4-3-7(12)6-9(8)16(17)18/h3-4,6H,2,5H2,1H3,(H,14,19). The first-order valence-electron chi connectivity index (χ1n) is 5.64. The van der Waals surface area contributed by atoms with Gasteiger partial charge in [-0.2, -0.15) is 5.10 Å². The van der Waals surface area contributed by atoms with Gasteiger partial charge < -0.3 is 0 Å². The molecule has 1 N–H and O–H groups in total. The Bertz CT molecular complexity index is 680. The predicted octanol–water partition coefficient (Wildman–Crippen LogP) is 3.06.